The van der Waals surface area contributed by atoms with E-state index in [0.29, 0.717) is 12.1 Å². The summed E-state index contributed by atoms with van der Waals surface area (Å²) < 4.78 is 0. The van der Waals surface area contributed by atoms with Crippen molar-refractivity contribution in [3.8, 4) is 0 Å². The SMILES string of the molecule is CC1NCC=C(CO)C(=CO)C1=O. The van der Waals surface area contributed by atoms with Gasteiger partial charge in [-0.2, -0.15) is 0 Å². The zero-order chi connectivity index (χ0) is 9.84. The molecule has 13 heavy (non-hydrogen) atoms. The topological polar surface area (TPSA) is 69.6 Å². The molecule has 0 spiro atoms. The highest BCUT2D eigenvalue weighted by molar-refractivity contribution is 6.03. The molecule has 1 unspecified atom stereocenters. The van der Waals surface area contributed by atoms with Crippen molar-refractivity contribution in [2.24, 2.45) is 0 Å². The van der Waals surface area contributed by atoms with Gasteiger partial charge in [0.15, 0.2) is 5.78 Å². The number of rotatable bonds is 1. The molecule has 1 aliphatic rings. The van der Waals surface area contributed by atoms with Gasteiger partial charge in [-0.3, -0.25) is 4.79 Å². The lowest BCUT2D eigenvalue weighted by molar-refractivity contribution is -0.116. The molecule has 3 N–H and O–H groups in total. The summed E-state index contributed by atoms with van der Waals surface area (Å²) >= 11 is 0. The summed E-state index contributed by atoms with van der Waals surface area (Å²) in [6, 6.07) is -0.321. The number of carbonyl (C=O) groups excluding carboxylic acids is 1. The van der Waals surface area contributed by atoms with Crippen molar-refractivity contribution in [1.29, 1.82) is 0 Å². The molecule has 72 valence electrons. The van der Waals surface area contributed by atoms with Crippen LogP contribution < -0.4 is 5.32 Å². The smallest absolute Gasteiger partial charge is 0.182 e. The van der Waals surface area contributed by atoms with Crippen molar-refractivity contribution in [2.75, 3.05) is 13.2 Å². The van der Waals surface area contributed by atoms with E-state index < -0.39 is 0 Å². The van der Waals surface area contributed by atoms with Crippen LogP contribution in [-0.2, 0) is 4.79 Å². The molecule has 4 nitrogen and oxygen atoms in total. The first-order valence-corrected chi connectivity index (χ1v) is 4.13. The van der Waals surface area contributed by atoms with Gasteiger partial charge in [-0.05, 0) is 12.5 Å². The summed E-state index contributed by atoms with van der Waals surface area (Å²) in [6.07, 6.45) is 2.46. The normalized spacial score (nSPS) is 27.2. The van der Waals surface area contributed by atoms with Crippen LogP contribution in [0.2, 0.25) is 0 Å². The molecule has 0 amide bonds. The van der Waals surface area contributed by atoms with Crippen LogP contribution in [-0.4, -0.2) is 35.2 Å². The van der Waals surface area contributed by atoms with Crippen LogP contribution in [0.25, 0.3) is 0 Å². The van der Waals surface area contributed by atoms with Gasteiger partial charge < -0.3 is 15.5 Å². The fourth-order valence-corrected chi connectivity index (χ4v) is 1.25. The van der Waals surface area contributed by atoms with Gasteiger partial charge in [0.2, 0.25) is 0 Å². The summed E-state index contributed by atoms with van der Waals surface area (Å²) in [4.78, 5) is 11.5. The molecule has 4 heteroatoms. The Labute approximate surface area is 76.6 Å². The van der Waals surface area contributed by atoms with Crippen molar-refractivity contribution in [3.05, 3.63) is 23.5 Å². The van der Waals surface area contributed by atoms with Gasteiger partial charge in [0, 0.05) is 6.54 Å². The third kappa shape index (κ3) is 1.96. The molecule has 1 heterocycles. The molecule has 0 saturated heterocycles. The third-order valence-corrected chi connectivity index (χ3v) is 2.08. The minimum atomic E-state index is -0.321. The molecule has 1 atom stereocenters. The van der Waals surface area contributed by atoms with E-state index in [1.807, 2.05) is 0 Å². The molecule has 0 aromatic rings. The molecule has 0 aromatic carbocycles. The maximum absolute atomic E-state index is 11.5. The van der Waals surface area contributed by atoms with E-state index in [-0.39, 0.29) is 24.0 Å². The first-order chi connectivity index (χ1) is 6.20. The van der Waals surface area contributed by atoms with E-state index in [2.05, 4.69) is 5.32 Å². The molecule has 1 aliphatic heterocycles. The lowest BCUT2D eigenvalue weighted by Gasteiger charge is -2.09. The Hall–Kier alpha value is -1.13. The van der Waals surface area contributed by atoms with Gasteiger partial charge in [-0.1, -0.05) is 6.08 Å². The van der Waals surface area contributed by atoms with Crippen LogP contribution in [0.5, 0.6) is 0 Å². The first kappa shape index (κ1) is 9.95. The predicted molar refractivity (Wildman–Crippen MR) is 48.4 cm³/mol. The van der Waals surface area contributed by atoms with E-state index in [4.69, 9.17) is 10.2 Å². The third-order valence-electron chi connectivity index (χ3n) is 2.08. The van der Waals surface area contributed by atoms with Gasteiger partial charge in [0.1, 0.15) is 0 Å². The Balaban J connectivity index is 2.99. The Kier molecular flexibility index (Phi) is 3.22. The number of nitrogens with one attached hydrogen (secondary N) is 1. The highest BCUT2D eigenvalue weighted by Crippen LogP contribution is 2.14. The second-order valence-corrected chi connectivity index (χ2v) is 2.92. The van der Waals surface area contributed by atoms with Crippen LogP contribution >= 0.6 is 0 Å². The van der Waals surface area contributed by atoms with Gasteiger partial charge in [0.25, 0.3) is 0 Å². The van der Waals surface area contributed by atoms with E-state index >= 15 is 0 Å². The molecule has 0 bridgehead atoms. The lowest BCUT2D eigenvalue weighted by Crippen LogP contribution is -2.33. The Morgan fingerprint density at radius 3 is 3.00 bits per heavy atom. The number of Topliss-reactive ketones (excluding diaryl/α,β-unsaturated/α-hetero) is 1. The van der Waals surface area contributed by atoms with Crippen LogP contribution in [0.3, 0.4) is 0 Å². The number of carbonyl (C=O) groups is 1. The van der Waals surface area contributed by atoms with E-state index in [0.717, 1.165) is 6.26 Å². The highest BCUT2D eigenvalue weighted by atomic mass is 16.3. The zero-order valence-corrected chi connectivity index (χ0v) is 7.45. The molecular weight excluding hydrogens is 170 g/mol. The number of hydrogen-bond acceptors (Lipinski definition) is 4. The largest absolute Gasteiger partial charge is 0.515 e. The van der Waals surface area contributed by atoms with Crippen molar-refractivity contribution in [3.63, 3.8) is 0 Å². The number of ketones is 1. The average Bonchev–Trinajstić information content (AvgIpc) is 2.27. The summed E-state index contributed by atoms with van der Waals surface area (Å²) in [5, 5.41) is 20.7. The fraction of sp³-hybridized carbons (Fsp3) is 0.444. The van der Waals surface area contributed by atoms with Gasteiger partial charge in [-0.15, -0.1) is 0 Å². The summed E-state index contributed by atoms with van der Waals surface area (Å²) in [6.45, 7) is 2.02. The van der Waals surface area contributed by atoms with Gasteiger partial charge in [0.05, 0.1) is 24.5 Å². The molecule has 0 radical (unpaired) electrons. The molecule has 0 fully saturated rings. The maximum Gasteiger partial charge on any atom is 0.182 e. The Morgan fingerprint density at radius 2 is 2.46 bits per heavy atom. The zero-order valence-electron chi connectivity index (χ0n) is 7.45. The quantitative estimate of drug-likeness (QED) is 0.392. The van der Waals surface area contributed by atoms with Crippen LogP contribution in [0, 0.1) is 0 Å². The fourth-order valence-electron chi connectivity index (χ4n) is 1.25. The Morgan fingerprint density at radius 1 is 1.77 bits per heavy atom. The minimum absolute atomic E-state index is 0.194. The number of aliphatic hydroxyl groups excluding tert-OH is 2. The first-order valence-electron chi connectivity index (χ1n) is 4.13. The van der Waals surface area contributed by atoms with Crippen molar-refractivity contribution < 1.29 is 15.0 Å². The highest BCUT2D eigenvalue weighted by Gasteiger charge is 2.22. The summed E-state index contributed by atoms with van der Waals surface area (Å²) in [7, 11) is 0. The van der Waals surface area contributed by atoms with E-state index in [1.165, 1.54) is 0 Å². The minimum Gasteiger partial charge on any atom is -0.515 e. The second kappa shape index (κ2) is 4.20. The lowest BCUT2D eigenvalue weighted by atomic mass is 10.0. The molecule has 0 aromatic heterocycles. The van der Waals surface area contributed by atoms with Crippen molar-refractivity contribution >= 4 is 5.78 Å². The van der Waals surface area contributed by atoms with Crippen molar-refractivity contribution in [2.45, 2.75) is 13.0 Å². The van der Waals surface area contributed by atoms with E-state index in [1.54, 1.807) is 13.0 Å². The van der Waals surface area contributed by atoms with Gasteiger partial charge in [-0.25, -0.2) is 0 Å². The molecule has 1 rings (SSSR count). The van der Waals surface area contributed by atoms with Gasteiger partial charge >= 0.3 is 0 Å². The van der Waals surface area contributed by atoms with Crippen LogP contribution in [0.1, 0.15) is 6.92 Å². The average molecular weight is 183 g/mol. The second-order valence-electron chi connectivity index (χ2n) is 2.92. The van der Waals surface area contributed by atoms with E-state index in [9.17, 15) is 4.79 Å². The molecular formula is C9H13NO3. The molecule has 0 aliphatic carbocycles. The monoisotopic (exact) mass is 183 g/mol. The maximum atomic E-state index is 11.5. The summed E-state index contributed by atoms with van der Waals surface area (Å²) in [5.41, 5.74) is 0.671. The number of aliphatic hydroxyl groups is 2. The predicted octanol–water partition coefficient (Wildman–Crippen LogP) is -0.0922. The molecule has 0 saturated carbocycles. The van der Waals surface area contributed by atoms with Crippen LogP contribution in [0.4, 0.5) is 0 Å². The standard InChI is InChI=1S/C9H13NO3/c1-6-9(13)8(5-12)7(4-11)2-3-10-6/h2,5-6,10-12H,3-4H2,1H3. The summed E-state index contributed by atoms with van der Waals surface area (Å²) in [5.74, 6) is -0.194. The number of hydrogen-bond donors (Lipinski definition) is 3. The van der Waals surface area contributed by atoms with Crippen molar-refractivity contribution in [1.82, 2.24) is 5.32 Å². The Bertz CT molecular complexity index is 268. The van der Waals surface area contributed by atoms with Crippen LogP contribution in [0.15, 0.2) is 23.5 Å².